The van der Waals surface area contributed by atoms with E-state index in [-0.39, 0.29) is 5.41 Å². The van der Waals surface area contributed by atoms with Crippen molar-refractivity contribution in [3.8, 4) is 27.9 Å². The highest BCUT2D eigenvalue weighted by atomic mass is 15.2. The Balaban J connectivity index is 1.06. The normalized spacial score (nSPS) is 21.8. The SMILES string of the molecule is c1ccc(-c2ccc3c(c2)c2ccc(-c4ccccc4)cc2n3-c2cccc(N3c4ccccc4C4(c5ccccc53)C3CC5CC(C3)CC4C5)c2)cc1. The molecule has 2 heteroatoms. The lowest BCUT2D eigenvalue weighted by atomic mass is 9.41. The maximum atomic E-state index is 2.58. The van der Waals surface area contributed by atoms with Gasteiger partial charge in [0.15, 0.2) is 0 Å². The Labute approximate surface area is 317 Å². The number of hydrogen-bond donors (Lipinski definition) is 0. The minimum absolute atomic E-state index is 0.103. The summed E-state index contributed by atoms with van der Waals surface area (Å²) in [5.74, 6) is 3.29. The highest BCUT2D eigenvalue weighted by molar-refractivity contribution is 6.11. The highest BCUT2D eigenvalue weighted by Gasteiger charge is 2.61. The van der Waals surface area contributed by atoms with Crippen LogP contribution in [0.5, 0.6) is 0 Å². The minimum atomic E-state index is 0.103. The fourth-order valence-electron chi connectivity index (χ4n) is 12.1. The smallest absolute Gasteiger partial charge is 0.0547 e. The van der Waals surface area contributed by atoms with Crippen molar-refractivity contribution in [3.63, 3.8) is 0 Å². The molecule has 4 saturated carbocycles. The van der Waals surface area contributed by atoms with Crippen molar-refractivity contribution in [2.24, 2.45) is 23.7 Å². The number of benzene rings is 7. The van der Waals surface area contributed by atoms with Crippen LogP contribution in [0, 0.1) is 23.7 Å². The molecule has 2 heterocycles. The topological polar surface area (TPSA) is 8.17 Å². The van der Waals surface area contributed by atoms with Crippen LogP contribution < -0.4 is 4.90 Å². The van der Waals surface area contributed by atoms with Gasteiger partial charge < -0.3 is 9.47 Å². The molecular weight excluding hydrogens is 653 g/mol. The van der Waals surface area contributed by atoms with Crippen LogP contribution in [0.3, 0.4) is 0 Å². The molecule has 0 radical (unpaired) electrons. The van der Waals surface area contributed by atoms with Gasteiger partial charge in [0, 0.05) is 27.6 Å². The Morgan fingerprint density at radius 1 is 0.389 bits per heavy atom. The summed E-state index contributed by atoms with van der Waals surface area (Å²) in [6, 6.07) is 63.8. The molecule has 4 fully saturated rings. The highest BCUT2D eigenvalue weighted by Crippen LogP contribution is 2.69. The Morgan fingerprint density at radius 2 is 0.944 bits per heavy atom. The molecule has 13 rings (SSSR count). The Morgan fingerprint density at radius 3 is 1.59 bits per heavy atom. The van der Waals surface area contributed by atoms with Gasteiger partial charge in [0.05, 0.1) is 22.4 Å². The summed E-state index contributed by atoms with van der Waals surface area (Å²) in [5.41, 5.74) is 15.7. The number of rotatable bonds is 4. The van der Waals surface area contributed by atoms with E-state index in [9.17, 15) is 0 Å². The zero-order valence-corrected chi connectivity index (χ0v) is 30.4. The number of anilines is 3. The first-order valence-electron chi connectivity index (χ1n) is 20.0. The molecule has 2 nitrogen and oxygen atoms in total. The predicted octanol–water partition coefficient (Wildman–Crippen LogP) is 13.6. The monoisotopic (exact) mass is 694 g/mol. The summed E-state index contributed by atoms with van der Waals surface area (Å²) in [7, 11) is 0. The lowest BCUT2D eigenvalue weighted by molar-refractivity contribution is -0.0419. The number of aromatic nitrogens is 1. The van der Waals surface area contributed by atoms with Crippen LogP contribution in [0.1, 0.15) is 43.2 Å². The molecule has 1 aliphatic heterocycles. The number of hydrogen-bond acceptors (Lipinski definition) is 1. The van der Waals surface area contributed by atoms with Crippen molar-refractivity contribution in [1.29, 1.82) is 0 Å². The van der Waals surface area contributed by atoms with Gasteiger partial charge in [-0.05, 0) is 138 Å². The van der Waals surface area contributed by atoms with Crippen LogP contribution in [0.4, 0.5) is 17.1 Å². The van der Waals surface area contributed by atoms with E-state index in [1.165, 1.54) is 98.9 Å². The minimum Gasteiger partial charge on any atom is -0.310 e. The lowest BCUT2D eigenvalue weighted by Crippen LogP contribution is -2.57. The van der Waals surface area contributed by atoms with E-state index < -0.39 is 0 Å². The van der Waals surface area contributed by atoms with Crippen LogP contribution in [-0.4, -0.2) is 4.57 Å². The van der Waals surface area contributed by atoms with Gasteiger partial charge in [-0.2, -0.15) is 0 Å². The number of fused-ring (bicyclic) bond motifs is 5. The molecule has 4 bridgehead atoms. The van der Waals surface area contributed by atoms with Crippen molar-refractivity contribution in [3.05, 3.63) is 181 Å². The first-order chi connectivity index (χ1) is 26.7. The average Bonchev–Trinajstić information content (AvgIpc) is 3.55. The maximum Gasteiger partial charge on any atom is 0.0547 e. The molecule has 0 atom stereocenters. The second kappa shape index (κ2) is 11.6. The Bertz CT molecular complexity index is 2660. The van der Waals surface area contributed by atoms with E-state index in [2.05, 4.69) is 179 Å². The quantitative estimate of drug-likeness (QED) is 0.178. The molecule has 4 aliphatic carbocycles. The van der Waals surface area contributed by atoms with E-state index in [1.807, 2.05) is 0 Å². The second-order valence-corrected chi connectivity index (χ2v) is 16.6. The maximum absolute atomic E-state index is 2.58. The number of para-hydroxylation sites is 2. The van der Waals surface area contributed by atoms with Gasteiger partial charge in [0.25, 0.3) is 0 Å². The molecule has 260 valence electrons. The molecule has 0 saturated heterocycles. The number of nitrogens with zero attached hydrogens (tertiary/aromatic N) is 2. The summed E-state index contributed by atoms with van der Waals surface area (Å²) in [6.07, 6.45) is 7.01. The largest absolute Gasteiger partial charge is 0.310 e. The van der Waals surface area contributed by atoms with Crippen LogP contribution in [0.15, 0.2) is 170 Å². The van der Waals surface area contributed by atoms with Gasteiger partial charge in [0.1, 0.15) is 0 Å². The summed E-state index contributed by atoms with van der Waals surface area (Å²) in [5, 5.41) is 2.54. The van der Waals surface area contributed by atoms with E-state index in [0.717, 1.165) is 23.7 Å². The van der Waals surface area contributed by atoms with Crippen LogP contribution >= 0.6 is 0 Å². The van der Waals surface area contributed by atoms with E-state index in [1.54, 1.807) is 11.1 Å². The summed E-state index contributed by atoms with van der Waals surface area (Å²) in [4.78, 5) is 2.58. The van der Waals surface area contributed by atoms with Crippen molar-refractivity contribution in [2.75, 3.05) is 4.90 Å². The first kappa shape index (κ1) is 30.6. The summed E-state index contributed by atoms with van der Waals surface area (Å²) in [6.45, 7) is 0. The standard InChI is InChI=1S/C52H42N2/c1-3-12-36(13-4-1)38-23-25-48-45(31-38)44-24-22-39(37-14-5-2-6-15-37)32-51(44)53(48)42-16-11-17-43(33-42)54-49-20-9-7-18-46(49)52(47-19-8-10-21-50(47)54)40-27-34-26-35(29-40)30-41(52)28-34/h1-25,31-35,40-41H,26-30H2. The van der Waals surface area contributed by atoms with Gasteiger partial charge in [-0.15, -0.1) is 0 Å². The van der Waals surface area contributed by atoms with Crippen LogP contribution in [-0.2, 0) is 5.41 Å². The lowest BCUT2D eigenvalue weighted by Gasteiger charge is -2.64. The molecule has 54 heavy (non-hydrogen) atoms. The van der Waals surface area contributed by atoms with Crippen LogP contribution in [0.2, 0.25) is 0 Å². The molecule has 0 unspecified atom stereocenters. The zero-order valence-electron chi connectivity index (χ0n) is 30.4. The van der Waals surface area contributed by atoms with Gasteiger partial charge in [0.2, 0.25) is 0 Å². The fraction of sp³-hybridized carbons (Fsp3) is 0.192. The van der Waals surface area contributed by atoms with E-state index in [4.69, 9.17) is 0 Å². The predicted molar refractivity (Wildman–Crippen MR) is 224 cm³/mol. The molecule has 8 aromatic rings. The first-order valence-corrected chi connectivity index (χ1v) is 20.0. The Kier molecular flexibility index (Phi) is 6.55. The molecular formula is C52H42N2. The van der Waals surface area contributed by atoms with E-state index >= 15 is 0 Å². The third-order valence-electron chi connectivity index (χ3n) is 13.9. The summed E-state index contributed by atoms with van der Waals surface area (Å²) < 4.78 is 2.50. The van der Waals surface area contributed by atoms with Crippen molar-refractivity contribution < 1.29 is 0 Å². The van der Waals surface area contributed by atoms with Crippen molar-refractivity contribution in [2.45, 2.75) is 37.5 Å². The second-order valence-electron chi connectivity index (χ2n) is 16.6. The van der Waals surface area contributed by atoms with Gasteiger partial charge in [-0.3, -0.25) is 0 Å². The molecule has 5 aliphatic rings. The van der Waals surface area contributed by atoms with Gasteiger partial charge in [-0.1, -0.05) is 121 Å². The van der Waals surface area contributed by atoms with Crippen molar-refractivity contribution in [1.82, 2.24) is 4.57 Å². The van der Waals surface area contributed by atoms with Gasteiger partial charge in [-0.25, -0.2) is 0 Å². The molecule has 0 amide bonds. The van der Waals surface area contributed by atoms with Gasteiger partial charge >= 0.3 is 0 Å². The molecule has 1 spiro atoms. The Hall–Kier alpha value is -5.86. The van der Waals surface area contributed by atoms with Crippen molar-refractivity contribution >= 4 is 38.9 Å². The molecule has 7 aromatic carbocycles. The van der Waals surface area contributed by atoms with Crippen LogP contribution in [0.25, 0.3) is 49.7 Å². The fourth-order valence-corrected chi connectivity index (χ4v) is 12.1. The molecule has 0 N–H and O–H groups in total. The van der Waals surface area contributed by atoms with E-state index in [0.29, 0.717) is 0 Å². The zero-order chi connectivity index (χ0) is 35.4. The summed E-state index contributed by atoms with van der Waals surface area (Å²) >= 11 is 0. The molecule has 1 aromatic heterocycles. The third-order valence-corrected chi connectivity index (χ3v) is 13.9. The average molecular weight is 695 g/mol. The third kappa shape index (κ3) is 4.28.